The van der Waals surface area contributed by atoms with Gasteiger partial charge in [-0.1, -0.05) is 12.1 Å². The van der Waals surface area contributed by atoms with Gasteiger partial charge >= 0.3 is 0 Å². The SMILES string of the molecule is CCn1cc(C(C)N)c2cccc(OC)c21. The lowest BCUT2D eigenvalue weighted by atomic mass is 10.1. The van der Waals surface area contributed by atoms with Gasteiger partial charge < -0.3 is 15.0 Å². The number of methoxy groups -OCH3 is 1. The standard InChI is InChI=1S/C13H18N2O/c1-4-15-8-11(9(2)14)10-6-5-7-12(16-3)13(10)15/h5-9H,4,14H2,1-3H3. The van der Waals surface area contributed by atoms with E-state index in [9.17, 15) is 0 Å². The van der Waals surface area contributed by atoms with Crippen LogP contribution in [0.25, 0.3) is 10.9 Å². The molecule has 2 aromatic rings. The van der Waals surface area contributed by atoms with E-state index in [4.69, 9.17) is 10.5 Å². The van der Waals surface area contributed by atoms with Gasteiger partial charge in [0, 0.05) is 24.2 Å². The van der Waals surface area contributed by atoms with Gasteiger partial charge in [0.2, 0.25) is 0 Å². The molecule has 3 nitrogen and oxygen atoms in total. The molecule has 86 valence electrons. The van der Waals surface area contributed by atoms with Crippen molar-refractivity contribution in [2.45, 2.75) is 26.4 Å². The van der Waals surface area contributed by atoms with E-state index in [2.05, 4.69) is 23.8 Å². The Morgan fingerprint density at radius 2 is 2.19 bits per heavy atom. The average Bonchev–Trinajstić information content (AvgIpc) is 2.67. The Hall–Kier alpha value is -1.48. The Morgan fingerprint density at radius 1 is 1.44 bits per heavy atom. The van der Waals surface area contributed by atoms with Gasteiger partial charge in [0.25, 0.3) is 0 Å². The molecule has 0 fully saturated rings. The fourth-order valence-electron chi connectivity index (χ4n) is 2.13. The fraction of sp³-hybridized carbons (Fsp3) is 0.385. The zero-order valence-corrected chi connectivity index (χ0v) is 10.0. The second-order valence-electron chi connectivity index (χ2n) is 4.02. The number of aryl methyl sites for hydroxylation is 1. The Balaban J connectivity index is 2.79. The van der Waals surface area contributed by atoms with Gasteiger partial charge in [-0.2, -0.15) is 0 Å². The van der Waals surface area contributed by atoms with Crippen LogP contribution in [-0.4, -0.2) is 11.7 Å². The Labute approximate surface area is 95.8 Å². The summed E-state index contributed by atoms with van der Waals surface area (Å²) in [4.78, 5) is 0. The van der Waals surface area contributed by atoms with Crippen LogP contribution >= 0.6 is 0 Å². The highest BCUT2D eigenvalue weighted by Gasteiger charge is 2.13. The molecule has 0 spiro atoms. The molecule has 1 atom stereocenters. The van der Waals surface area contributed by atoms with Crippen molar-refractivity contribution < 1.29 is 4.74 Å². The third-order valence-corrected chi connectivity index (χ3v) is 2.94. The summed E-state index contributed by atoms with van der Waals surface area (Å²) in [5.41, 5.74) is 8.30. The predicted molar refractivity (Wildman–Crippen MR) is 66.8 cm³/mol. The molecule has 1 aromatic heterocycles. The third-order valence-electron chi connectivity index (χ3n) is 2.94. The zero-order valence-electron chi connectivity index (χ0n) is 10.0. The Morgan fingerprint density at radius 3 is 2.75 bits per heavy atom. The molecule has 0 aliphatic carbocycles. The molecule has 2 rings (SSSR count). The first kappa shape index (κ1) is 11.0. The van der Waals surface area contributed by atoms with Gasteiger partial charge in [0.15, 0.2) is 0 Å². The minimum Gasteiger partial charge on any atom is -0.495 e. The monoisotopic (exact) mass is 218 g/mol. The predicted octanol–water partition coefficient (Wildman–Crippen LogP) is 2.69. The molecule has 16 heavy (non-hydrogen) atoms. The molecule has 1 unspecified atom stereocenters. The van der Waals surface area contributed by atoms with Crippen LogP contribution in [-0.2, 0) is 6.54 Å². The second kappa shape index (κ2) is 4.18. The van der Waals surface area contributed by atoms with Crippen molar-refractivity contribution in [2.75, 3.05) is 7.11 Å². The summed E-state index contributed by atoms with van der Waals surface area (Å²) in [6.45, 7) is 5.05. The van der Waals surface area contributed by atoms with Gasteiger partial charge in [-0.3, -0.25) is 0 Å². The topological polar surface area (TPSA) is 40.2 Å². The number of hydrogen-bond donors (Lipinski definition) is 1. The van der Waals surface area contributed by atoms with E-state index in [0.717, 1.165) is 17.8 Å². The molecule has 0 amide bonds. The number of ether oxygens (including phenoxy) is 1. The van der Waals surface area contributed by atoms with Crippen LogP contribution in [0.3, 0.4) is 0 Å². The molecule has 0 aliphatic heterocycles. The molecular weight excluding hydrogens is 200 g/mol. The van der Waals surface area contributed by atoms with Gasteiger partial charge in [-0.25, -0.2) is 0 Å². The van der Waals surface area contributed by atoms with Crippen molar-refractivity contribution in [3.63, 3.8) is 0 Å². The number of rotatable bonds is 3. The van der Waals surface area contributed by atoms with Crippen molar-refractivity contribution in [2.24, 2.45) is 5.73 Å². The lowest BCUT2D eigenvalue weighted by molar-refractivity contribution is 0.417. The van der Waals surface area contributed by atoms with Crippen molar-refractivity contribution in [1.29, 1.82) is 0 Å². The summed E-state index contributed by atoms with van der Waals surface area (Å²) >= 11 is 0. The number of nitrogens with zero attached hydrogens (tertiary/aromatic N) is 1. The van der Waals surface area contributed by atoms with Gasteiger partial charge in [-0.15, -0.1) is 0 Å². The molecule has 1 aromatic carbocycles. The number of para-hydroxylation sites is 1. The highest BCUT2D eigenvalue weighted by molar-refractivity contribution is 5.89. The second-order valence-corrected chi connectivity index (χ2v) is 4.02. The van der Waals surface area contributed by atoms with E-state index in [1.165, 1.54) is 10.9 Å². The maximum absolute atomic E-state index is 5.99. The Kier molecular flexibility index (Phi) is 2.88. The molecule has 1 heterocycles. The normalized spacial score (nSPS) is 13.0. The summed E-state index contributed by atoms with van der Waals surface area (Å²) < 4.78 is 7.59. The highest BCUT2D eigenvalue weighted by Crippen LogP contribution is 2.31. The number of nitrogens with two attached hydrogens (primary N) is 1. The van der Waals surface area contributed by atoms with Crippen LogP contribution in [0.2, 0.25) is 0 Å². The average molecular weight is 218 g/mol. The quantitative estimate of drug-likeness (QED) is 0.860. The molecule has 0 saturated heterocycles. The van der Waals surface area contributed by atoms with Crippen molar-refractivity contribution in [1.82, 2.24) is 4.57 Å². The fourth-order valence-corrected chi connectivity index (χ4v) is 2.13. The van der Waals surface area contributed by atoms with Crippen molar-refractivity contribution in [3.8, 4) is 5.75 Å². The van der Waals surface area contributed by atoms with Gasteiger partial charge in [-0.05, 0) is 25.5 Å². The first-order valence-electron chi connectivity index (χ1n) is 5.60. The summed E-state index contributed by atoms with van der Waals surface area (Å²) in [5, 5.41) is 1.19. The van der Waals surface area contributed by atoms with Crippen molar-refractivity contribution >= 4 is 10.9 Å². The molecule has 0 aliphatic rings. The van der Waals surface area contributed by atoms with E-state index in [1.807, 2.05) is 19.1 Å². The zero-order chi connectivity index (χ0) is 11.7. The summed E-state index contributed by atoms with van der Waals surface area (Å²) in [6, 6.07) is 6.14. The lowest BCUT2D eigenvalue weighted by Crippen LogP contribution is -2.03. The molecular formula is C13H18N2O. The van der Waals surface area contributed by atoms with E-state index < -0.39 is 0 Å². The largest absolute Gasteiger partial charge is 0.495 e. The first-order chi connectivity index (χ1) is 7.69. The molecule has 2 N–H and O–H groups in total. The number of fused-ring (bicyclic) bond motifs is 1. The lowest BCUT2D eigenvalue weighted by Gasteiger charge is -2.06. The van der Waals surface area contributed by atoms with Gasteiger partial charge in [0.05, 0.1) is 12.6 Å². The molecule has 0 radical (unpaired) electrons. The minimum absolute atomic E-state index is 0.0439. The van der Waals surface area contributed by atoms with Crippen LogP contribution in [0.15, 0.2) is 24.4 Å². The summed E-state index contributed by atoms with van der Waals surface area (Å²) in [7, 11) is 1.70. The van der Waals surface area contributed by atoms with E-state index in [1.54, 1.807) is 7.11 Å². The highest BCUT2D eigenvalue weighted by atomic mass is 16.5. The maximum atomic E-state index is 5.99. The molecule has 0 saturated carbocycles. The Bertz CT molecular complexity index is 500. The van der Waals surface area contributed by atoms with Crippen molar-refractivity contribution in [3.05, 3.63) is 30.0 Å². The van der Waals surface area contributed by atoms with E-state index in [-0.39, 0.29) is 6.04 Å². The number of hydrogen-bond acceptors (Lipinski definition) is 2. The number of benzene rings is 1. The van der Waals surface area contributed by atoms with E-state index >= 15 is 0 Å². The number of aromatic nitrogens is 1. The van der Waals surface area contributed by atoms with E-state index in [0.29, 0.717) is 0 Å². The molecule has 0 bridgehead atoms. The van der Waals surface area contributed by atoms with Crippen LogP contribution < -0.4 is 10.5 Å². The summed E-state index contributed by atoms with van der Waals surface area (Å²) in [6.07, 6.45) is 2.12. The minimum atomic E-state index is 0.0439. The smallest absolute Gasteiger partial charge is 0.143 e. The maximum Gasteiger partial charge on any atom is 0.143 e. The van der Waals surface area contributed by atoms with Crippen LogP contribution in [0.1, 0.15) is 25.5 Å². The molecule has 3 heteroatoms. The third kappa shape index (κ3) is 1.57. The van der Waals surface area contributed by atoms with Crippen LogP contribution in [0.4, 0.5) is 0 Å². The van der Waals surface area contributed by atoms with Gasteiger partial charge in [0.1, 0.15) is 5.75 Å². The summed E-state index contributed by atoms with van der Waals surface area (Å²) in [5.74, 6) is 0.909. The first-order valence-corrected chi connectivity index (χ1v) is 5.60. The van der Waals surface area contributed by atoms with Crippen LogP contribution in [0.5, 0.6) is 5.75 Å². The van der Waals surface area contributed by atoms with Crippen LogP contribution in [0, 0.1) is 0 Å².